The standard InChI is InChI=1S/C25H21F3N8O4S3/c1-35-21-18(15-4-9-36(10-5-15)43(39,40)16-3-2-8-30-13-16)11-17(42(37,38)34-24(14-29)6-7-24)12-19(21)20(33-35)22-31-32-23(41-22)25(26,27)28/h2-4,8,11-13,34H,5-7,9-10H2,1H3. The van der Waals surface area contributed by atoms with Crippen molar-refractivity contribution in [1.82, 2.24) is 34.0 Å². The molecule has 0 bridgehead atoms. The Morgan fingerprint density at radius 3 is 2.49 bits per heavy atom. The van der Waals surface area contributed by atoms with Gasteiger partial charge in [-0.05, 0) is 49.1 Å². The number of nitrogens with zero attached hydrogens (tertiary/aromatic N) is 7. The Kier molecular flexibility index (Phi) is 6.93. The van der Waals surface area contributed by atoms with Crippen LogP contribution in [0.2, 0.25) is 0 Å². The van der Waals surface area contributed by atoms with E-state index in [1.165, 1.54) is 45.6 Å². The van der Waals surface area contributed by atoms with E-state index in [9.17, 15) is 35.3 Å². The number of nitriles is 1. The second kappa shape index (κ2) is 10.2. The topological polar surface area (TPSA) is 164 Å². The smallest absolute Gasteiger partial charge is 0.267 e. The quantitative estimate of drug-likeness (QED) is 0.316. The van der Waals surface area contributed by atoms with Gasteiger partial charge in [-0.2, -0.15) is 32.6 Å². The van der Waals surface area contributed by atoms with Crippen LogP contribution in [0.3, 0.4) is 0 Å². The van der Waals surface area contributed by atoms with Crippen molar-refractivity contribution in [2.75, 3.05) is 13.1 Å². The fourth-order valence-electron chi connectivity index (χ4n) is 4.82. The van der Waals surface area contributed by atoms with Gasteiger partial charge in [-0.25, -0.2) is 16.8 Å². The molecule has 0 radical (unpaired) electrons. The number of aryl methyl sites for hydroxylation is 1. The first-order valence-corrected chi connectivity index (χ1v) is 16.4. The first kappa shape index (κ1) is 29.3. The zero-order valence-corrected chi connectivity index (χ0v) is 24.6. The summed E-state index contributed by atoms with van der Waals surface area (Å²) in [5.41, 5.74) is 0.206. The van der Waals surface area contributed by atoms with E-state index in [-0.39, 0.29) is 56.7 Å². The molecule has 224 valence electrons. The molecule has 0 saturated heterocycles. The molecule has 0 spiro atoms. The van der Waals surface area contributed by atoms with Crippen molar-refractivity contribution in [3.8, 4) is 16.8 Å². The molecule has 0 amide bonds. The van der Waals surface area contributed by atoms with Crippen LogP contribution in [0.25, 0.3) is 27.2 Å². The van der Waals surface area contributed by atoms with E-state index in [0.29, 0.717) is 29.5 Å². The van der Waals surface area contributed by atoms with Crippen LogP contribution in [-0.2, 0) is 33.3 Å². The number of benzene rings is 1. The first-order chi connectivity index (χ1) is 20.2. The van der Waals surface area contributed by atoms with E-state index >= 15 is 0 Å². The predicted octanol–water partition coefficient (Wildman–Crippen LogP) is 3.32. The van der Waals surface area contributed by atoms with Crippen LogP contribution in [0.5, 0.6) is 0 Å². The number of hydrogen-bond donors (Lipinski definition) is 1. The Labute approximate surface area is 247 Å². The average Bonchev–Trinajstić information content (AvgIpc) is 3.39. The molecule has 1 aromatic carbocycles. The zero-order valence-electron chi connectivity index (χ0n) is 22.2. The molecule has 1 N–H and O–H groups in total. The maximum absolute atomic E-state index is 13.5. The molecule has 4 heterocycles. The predicted molar refractivity (Wildman–Crippen MR) is 148 cm³/mol. The molecule has 1 aliphatic heterocycles. The minimum absolute atomic E-state index is 0.00223. The van der Waals surface area contributed by atoms with E-state index in [0.717, 1.165) is 0 Å². The number of rotatable bonds is 7. The number of pyridine rings is 1. The zero-order chi connectivity index (χ0) is 30.8. The summed E-state index contributed by atoms with van der Waals surface area (Å²) in [5, 5.41) is 19.6. The van der Waals surface area contributed by atoms with Gasteiger partial charge in [0, 0.05) is 43.5 Å². The lowest BCUT2D eigenvalue weighted by atomic mass is 9.97. The summed E-state index contributed by atoms with van der Waals surface area (Å²) in [5.74, 6) is 0. The number of hydrogen-bond acceptors (Lipinski definition) is 10. The summed E-state index contributed by atoms with van der Waals surface area (Å²) in [6.07, 6.45) is 0.528. The van der Waals surface area contributed by atoms with Crippen molar-refractivity contribution in [3.63, 3.8) is 0 Å². The van der Waals surface area contributed by atoms with Crippen molar-refractivity contribution in [1.29, 1.82) is 5.26 Å². The number of halogens is 3. The minimum atomic E-state index is -4.73. The van der Waals surface area contributed by atoms with Crippen LogP contribution in [0, 0.1) is 11.3 Å². The highest BCUT2D eigenvalue weighted by atomic mass is 32.2. The second-order valence-electron chi connectivity index (χ2n) is 10.1. The van der Waals surface area contributed by atoms with Gasteiger partial charge in [0.05, 0.1) is 16.5 Å². The number of sulfonamides is 2. The van der Waals surface area contributed by atoms with E-state index in [2.05, 4.69) is 25.0 Å². The molecule has 6 rings (SSSR count). The van der Waals surface area contributed by atoms with E-state index in [4.69, 9.17) is 0 Å². The molecule has 2 aliphatic rings. The van der Waals surface area contributed by atoms with Gasteiger partial charge in [-0.15, -0.1) is 10.2 Å². The average molecular weight is 651 g/mol. The Hall–Kier alpha value is -3.76. The molecular formula is C25H21F3N8O4S3. The maximum Gasteiger partial charge on any atom is 0.445 e. The second-order valence-corrected chi connectivity index (χ2v) is 14.7. The normalized spacial score (nSPS) is 17.5. The lowest BCUT2D eigenvalue weighted by Crippen LogP contribution is -2.35. The molecule has 1 saturated carbocycles. The lowest BCUT2D eigenvalue weighted by Gasteiger charge is -2.26. The van der Waals surface area contributed by atoms with Gasteiger partial charge >= 0.3 is 6.18 Å². The number of nitrogens with one attached hydrogen (secondary N) is 1. The van der Waals surface area contributed by atoms with Crippen molar-refractivity contribution >= 4 is 47.9 Å². The minimum Gasteiger partial charge on any atom is -0.267 e. The first-order valence-electron chi connectivity index (χ1n) is 12.7. The summed E-state index contributed by atoms with van der Waals surface area (Å²) in [6.45, 7) is 0.0598. The van der Waals surface area contributed by atoms with Crippen molar-refractivity contribution in [2.24, 2.45) is 7.05 Å². The third kappa shape index (κ3) is 5.31. The van der Waals surface area contributed by atoms with Gasteiger partial charge in [0.1, 0.15) is 16.1 Å². The monoisotopic (exact) mass is 650 g/mol. The summed E-state index contributed by atoms with van der Waals surface area (Å²) in [7, 11) is -6.54. The highest BCUT2D eigenvalue weighted by Gasteiger charge is 2.47. The van der Waals surface area contributed by atoms with Gasteiger partial charge in [0.25, 0.3) is 0 Å². The van der Waals surface area contributed by atoms with Gasteiger partial charge in [-0.1, -0.05) is 17.4 Å². The van der Waals surface area contributed by atoms with Crippen molar-refractivity contribution in [2.45, 2.75) is 40.8 Å². The third-order valence-electron chi connectivity index (χ3n) is 7.18. The molecular weight excluding hydrogens is 630 g/mol. The van der Waals surface area contributed by atoms with Crippen molar-refractivity contribution in [3.05, 3.63) is 53.3 Å². The maximum atomic E-state index is 13.5. The van der Waals surface area contributed by atoms with E-state index < -0.39 is 36.8 Å². The Morgan fingerprint density at radius 1 is 1.14 bits per heavy atom. The van der Waals surface area contributed by atoms with Gasteiger partial charge in [0.2, 0.25) is 25.1 Å². The van der Waals surface area contributed by atoms with Crippen LogP contribution < -0.4 is 4.72 Å². The van der Waals surface area contributed by atoms with Gasteiger partial charge in [-0.3, -0.25) is 9.67 Å². The fraction of sp³-hybridized carbons (Fsp3) is 0.320. The van der Waals surface area contributed by atoms with Crippen LogP contribution in [-0.4, -0.2) is 64.7 Å². The molecule has 0 atom stereocenters. The van der Waals surface area contributed by atoms with E-state index in [1.807, 2.05) is 6.07 Å². The molecule has 3 aromatic heterocycles. The number of fused-ring (bicyclic) bond motifs is 1. The fourth-order valence-corrected chi connectivity index (χ4v) is 8.31. The highest BCUT2D eigenvalue weighted by molar-refractivity contribution is 7.89. The SMILES string of the molecule is Cn1nc(-c2nnc(C(F)(F)F)s2)c2cc(S(=O)(=O)NC3(C#N)CC3)cc(C3=CCN(S(=O)(=O)c4cccnc4)CC3)c21. The number of aromatic nitrogens is 5. The van der Waals surface area contributed by atoms with Crippen LogP contribution in [0.1, 0.15) is 29.8 Å². The van der Waals surface area contributed by atoms with Crippen LogP contribution in [0.4, 0.5) is 13.2 Å². The van der Waals surface area contributed by atoms with Crippen LogP contribution in [0.15, 0.2) is 52.5 Å². The molecule has 1 fully saturated rings. The van der Waals surface area contributed by atoms with E-state index in [1.54, 1.807) is 13.1 Å². The molecule has 1 aliphatic carbocycles. The van der Waals surface area contributed by atoms with Crippen molar-refractivity contribution < 1.29 is 30.0 Å². The largest absolute Gasteiger partial charge is 0.445 e. The molecule has 12 nitrogen and oxygen atoms in total. The van der Waals surface area contributed by atoms with Gasteiger partial charge in [0.15, 0.2) is 5.01 Å². The lowest BCUT2D eigenvalue weighted by molar-refractivity contribution is -0.138. The van der Waals surface area contributed by atoms with Gasteiger partial charge < -0.3 is 0 Å². The summed E-state index contributed by atoms with van der Waals surface area (Å²) in [4.78, 5) is 3.69. The Morgan fingerprint density at radius 2 is 1.91 bits per heavy atom. The molecule has 4 aromatic rings. The summed E-state index contributed by atoms with van der Waals surface area (Å²) >= 11 is 0.276. The van der Waals surface area contributed by atoms with Crippen LogP contribution >= 0.6 is 11.3 Å². The third-order valence-corrected chi connectivity index (χ3v) is 11.5. The molecule has 18 heteroatoms. The molecule has 0 unspecified atom stereocenters. The Bertz CT molecular complexity index is 2050. The summed E-state index contributed by atoms with van der Waals surface area (Å²) in [6, 6.07) is 7.62. The number of alkyl halides is 3. The highest BCUT2D eigenvalue weighted by Crippen LogP contribution is 2.41. The molecule has 43 heavy (non-hydrogen) atoms. The summed E-state index contributed by atoms with van der Waals surface area (Å²) < 4.78 is 98.2. The Balaban J connectivity index is 1.47.